The van der Waals surface area contributed by atoms with E-state index in [2.05, 4.69) is 12.2 Å². The van der Waals surface area contributed by atoms with Crippen molar-refractivity contribution in [3.63, 3.8) is 0 Å². The Kier molecular flexibility index (Phi) is 7.06. The molecule has 0 spiro atoms. The number of hydrogen-bond donors (Lipinski definition) is 1. The maximum Gasteiger partial charge on any atom is 0.331 e. The molecule has 0 saturated carbocycles. The lowest BCUT2D eigenvalue weighted by Gasteiger charge is -2.29. The number of carbonyl (C=O) groups excluding carboxylic acids is 2. The lowest BCUT2D eigenvalue weighted by Crippen LogP contribution is -2.43. The fraction of sp³-hybridized carbons (Fsp3) is 0.556. The van der Waals surface area contributed by atoms with Gasteiger partial charge in [-0.3, -0.25) is 4.79 Å². The summed E-state index contributed by atoms with van der Waals surface area (Å²) in [7, 11) is 0. The number of fused-ring (bicyclic) bond motifs is 1. The van der Waals surface area contributed by atoms with Gasteiger partial charge < -0.3 is 19.7 Å². The van der Waals surface area contributed by atoms with E-state index in [4.69, 9.17) is 9.47 Å². The van der Waals surface area contributed by atoms with Crippen molar-refractivity contribution >= 4 is 17.6 Å². The van der Waals surface area contributed by atoms with Gasteiger partial charge in [-0.15, -0.1) is 0 Å². The van der Waals surface area contributed by atoms with E-state index in [1.165, 1.54) is 0 Å². The SMILES string of the molecule is CCCCOCCCNC(=O)CN1CC(=O)Oc2cc(C)ccc21. The highest BCUT2D eigenvalue weighted by Crippen LogP contribution is 2.32. The first-order chi connectivity index (χ1) is 11.6. The second-order valence-corrected chi connectivity index (χ2v) is 5.97. The van der Waals surface area contributed by atoms with Crippen LogP contribution in [0.2, 0.25) is 0 Å². The van der Waals surface area contributed by atoms with E-state index in [0.29, 0.717) is 18.9 Å². The number of nitrogens with one attached hydrogen (secondary N) is 1. The minimum Gasteiger partial charge on any atom is -0.423 e. The quantitative estimate of drug-likeness (QED) is 0.425. The highest BCUT2D eigenvalue weighted by Gasteiger charge is 2.25. The van der Waals surface area contributed by atoms with Crippen LogP contribution in [0.1, 0.15) is 31.7 Å². The van der Waals surface area contributed by atoms with Crippen molar-refractivity contribution in [3.05, 3.63) is 23.8 Å². The second-order valence-electron chi connectivity index (χ2n) is 5.97. The average molecular weight is 334 g/mol. The molecule has 0 bridgehead atoms. The Balaban J connectivity index is 1.77. The Morgan fingerprint density at radius 2 is 2.12 bits per heavy atom. The maximum absolute atomic E-state index is 12.1. The van der Waals surface area contributed by atoms with E-state index < -0.39 is 0 Å². The molecule has 1 heterocycles. The number of aryl methyl sites for hydroxylation is 1. The largest absolute Gasteiger partial charge is 0.423 e. The molecular weight excluding hydrogens is 308 g/mol. The third kappa shape index (κ3) is 5.53. The second kappa shape index (κ2) is 9.27. The van der Waals surface area contributed by atoms with Gasteiger partial charge in [0, 0.05) is 19.8 Å². The van der Waals surface area contributed by atoms with Gasteiger partial charge in [-0.25, -0.2) is 4.79 Å². The molecule has 2 rings (SSSR count). The third-order valence-corrected chi connectivity index (χ3v) is 3.76. The molecule has 1 N–H and O–H groups in total. The number of ether oxygens (including phenoxy) is 2. The standard InChI is InChI=1S/C18H26N2O4/c1-3-4-9-23-10-5-8-19-17(21)12-20-13-18(22)24-16-11-14(2)6-7-15(16)20/h6-7,11H,3-5,8-10,12-13H2,1-2H3,(H,19,21). The molecule has 0 atom stereocenters. The van der Waals surface area contributed by atoms with Gasteiger partial charge >= 0.3 is 5.97 Å². The smallest absolute Gasteiger partial charge is 0.331 e. The predicted molar refractivity (Wildman–Crippen MR) is 92.4 cm³/mol. The summed E-state index contributed by atoms with van der Waals surface area (Å²) < 4.78 is 10.7. The topological polar surface area (TPSA) is 67.9 Å². The number of amides is 1. The van der Waals surface area contributed by atoms with Crippen molar-refractivity contribution in [2.75, 3.05) is 37.7 Å². The lowest BCUT2D eigenvalue weighted by atomic mass is 10.1. The van der Waals surface area contributed by atoms with Gasteiger partial charge in [0.05, 0.1) is 12.2 Å². The van der Waals surface area contributed by atoms with Gasteiger partial charge in [-0.2, -0.15) is 0 Å². The number of carbonyl (C=O) groups is 2. The normalized spacial score (nSPS) is 13.4. The predicted octanol–water partition coefficient (Wildman–Crippen LogP) is 2.04. The van der Waals surface area contributed by atoms with Crippen molar-refractivity contribution in [1.29, 1.82) is 0 Å². The number of anilines is 1. The first-order valence-electron chi connectivity index (χ1n) is 8.51. The van der Waals surface area contributed by atoms with Crippen LogP contribution in [0.15, 0.2) is 18.2 Å². The number of hydrogen-bond acceptors (Lipinski definition) is 5. The number of unbranched alkanes of at least 4 members (excludes halogenated alkanes) is 1. The zero-order valence-corrected chi connectivity index (χ0v) is 14.5. The van der Waals surface area contributed by atoms with Crippen molar-refractivity contribution in [1.82, 2.24) is 5.32 Å². The van der Waals surface area contributed by atoms with E-state index in [1.54, 1.807) is 4.90 Å². The lowest BCUT2D eigenvalue weighted by molar-refractivity contribution is -0.133. The van der Waals surface area contributed by atoms with E-state index >= 15 is 0 Å². The molecule has 0 fully saturated rings. The summed E-state index contributed by atoms with van der Waals surface area (Å²) in [5.74, 6) is 0.0679. The Morgan fingerprint density at radius 1 is 1.33 bits per heavy atom. The summed E-state index contributed by atoms with van der Waals surface area (Å²) in [4.78, 5) is 25.5. The molecule has 1 aliphatic heterocycles. The molecule has 6 nitrogen and oxygen atoms in total. The molecule has 0 aromatic heterocycles. The van der Waals surface area contributed by atoms with Gasteiger partial charge in [-0.05, 0) is 37.5 Å². The molecule has 24 heavy (non-hydrogen) atoms. The summed E-state index contributed by atoms with van der Waals surface area (Å²) in [6.07, 6.45) is 2.97. The first kappa shape index (κ1) is 18.3. The van der Waals surface area contributed by atoms with Crippen LogP contribution in [0.3, 0.4) is 0 Å². The average Bonchev–Trinajstić information content (AvgIpc) is 2.53. The molecule has 0 radical (unpaired) electrons. The van der Waals surface area contributed by atoms with Gasteiger partial charge in [0.1, 0.15) is 6.54 Å². The van der Waals surface area contributed by atoms with Crippen molar-refractivity contribution in [2.45, 2.75) is 33.1 Å². The Hall–Kier alpha value is -2.08. The van der Waals surface area contributed by atoms with Crippen LogP contribution in [-0.2, 0) is 14.3 Å². The fourth-order valence-corrected chi connectivity index (χ4v) is 2.48. The highest BCUT2D eigenvalue weighted by atomic mass is 16.5. The molecule has 6 heteroatoms. The summed E-state index contributed by atoms with van der Waals surface area (Å²) >= 11 is 0. The van der Waals surface area contributed by atoms with Crippen LogP contribution in [0.25, 0.3) is 0 Å². The highest BCUT2D eigenvalue weighted by molar-refractivity contribution is 5.89. The van der Waals surface area contributed by atoms with Crippen molar-refractivity contribution in [2.24, 2.45) is 0 Å². The minimum absolute atomic E-state index is 0.0869. The van der Waals surface area contributed by atoms with Crippen LogP contribution in [0.5, 0.6) is 5.75 Å². The molecule has 0 saturated heterocycles. The van der Waals surface area contributed by atoms with E-state index in [0.717, 1.165) is 37.1 Å². The van der Waals surface area contributed by atoms with Crippen molar-refractivity contribution < 1.29 is 19.1 Å². The van der Waals surface area contributed by atoms with Gasteiger partial charge in [0.2, 0.25) is 5.91 Å². The Bertz CT molecular complexity index is 574. The zero-order chi connectivity index (χ0) is 17.4. The minimum atomic E-state index is -0.342. The van der Waals surface area contributed by atoms with Gasteiger partial charge in [0.25, 0.3) is 0 Å². The van der Waals surface area contributed by atoms with Crippen LogP contribution in [0.4, 0.5) is 5.69 Å². The zero-order valence-electron chi connectivity index (χ0n) is 14.5. The Labute approximate surface area is 143 Å². The molecule has 0 aliphatic carbocycles. The number of esters is 1. The van der Waals surface area contributed by atoms with E-state index in [9.17, 15) is 9.59 Å². The molecule has 132 valence electrons. The van der Waals surface area contributed by atoms with Crippen LogP contribution in [-0.4, -0.2) is 44.7 Å². The van der Waals surface area contributed by atoms with Gasteiger partial charge in [-0.1, -0.05) is 19.4 Å². The molecule has 1 aromatic rings. The summed E-state index contributed by atoms with van der Waals surface area (Å²) in [6.45, 7) is 6.28. The third-order valence-electron chi connectivity index (χ3n) is 3.76. The van der Waals surface area contributed by atoms with Crippen molar-refractivity contribution in [3.8, 4) is 5.75 Å². The Morgan fingerprint density at radius 3 is 2.92 bits per heavy atom. The summed E-state index contributed by atoms with van der Waals surface area (Å²) in [5, 5.41) is 2.87. The van der Waals surface area contributed by atoms with E-state index in [-0.39, 0.29) is 25.0 Å². The van der Waals surface area contributed by atoms with E-state index in [1.807, 2.05) is 25.1 Å². The van der Waals surface area contributed by atoms with Crippen LogP contribution < -0.4 is 15.0 Å². The fourth-order valence-electron chi connectivity index (χ4n) is 2.48. The molecule has 1 amide bonds. The van der Waals surface area contributed by atoms with Crippen LogP contribution in [0, 0.1) is 6.92 Å². The monoisotopic (exact) mass is 334 g/mol. The first-order valence-corrected chi connectivity index (χ1v) is 8.51. The van der Waals surface area contributed by atoms with Gasteiger partial charge in [0.15, 0.2) is 5.75 Å². The maximum atomic E-state index is 12.1. The molecule has 1 aromatic carbocycles. The molecular formula is C18H26N2O4. The molecule has 0 unspecified atom stereocenters. The number of rotatable bonds is 9. The summed E-state index contributed by atoms with van der Waals surface area (Å²) in [5.41, 5.74) is 1.79. The van der Waals surface area contributed by atoms with Crippen LogP contribution >= 0.6 is 0 Å². The summed E-state index contributed by atoms with van der Waals surface area (Å²) in [6, 6.07) is 5.63. The number of benzene rings is 1. The molecule has 1 aliphatic rings. The number of nitrogens with zero attached hydrogens (tertiary/aromatic N) is 1.